The van der Waals surface area contributed by atoms with Crippen LogP contribution in [-0.2, 0) is 14.3 Å². The van der Waals surface area contributed by atoms with Gasteiger partial charge in [-0.1, -0.05) is 29.8 Å². The lowest BCUT2D eigenvalue weighted by Crippen LogP contribution is -2.33. The second kappa shape index (κ2) is 7.86. The van der Waals surface area contributed by atoms with Crippen LogP contribution in [0.25, 0.3) is 0 Å². The van der Waals surface area contributed by atoms with Gasteiger partial charge in [0.25, 0.3) is 11.8 Å². The molecular weight excluding hydrogens is 380 g/mol. The number of hydrogen-bond donors (Lipinski definition) is 1. The van der Waals surface area contributed by atoms with Crippen LogP contribution in [0.3, 0.4) is 0 Å². The number of anilines is 2. The number of benzene rings is 2. The van der Waals surface area contributed by atoms with Gasteiger partial charge in [-0.05, 0) is 56.2 Å². The first kappa shape index (κ1) is 19.6. The number of nitrogens with one attached hydrogen (secondary N) is 1. The molecule has 0 saturated heterocycles. The molecule has 28 heavy (non-hydrogen) atoms. The molecule has 1 aliphatic heterocycles. The lowest BCUT2D eigenvalue weighted by molar-refractivity contribution is -0.120. The molecule has 0 fully saturated rings. The zero-order chi connectivity index (χ0) is 20.4. The smallest absolute Gasteiger partial charge is 0.338 e. The van der Waals surface area contributed by atoms with Gasteiger partial charge in [0.2, 0.25) is 0 Å². The van der Waals surface area contributed by atoms with Crippen molar-refractivity contribution in [3.8, 4) is 0 Å². The summed E-state index contributed by atoms with van der Waals surface area (Å²) >= 11 is 6.18. The molecule has 0 aliphatic carbocycles. The first-order valence-corrected chi connectivity index (χ1v) is 9.11. The highest BCUT2D eigenvalue weighted by atomic mass is 35.5. The third-order valence-electron chi connectivity index (χ3n) is 4.28. The molecule has 2 amide bonds. The molecule has 6 nitrogen and oxygen atoms in total. The van der Waals surface area contributed by atoms with Gasteiger partial charge in [0.15, 0.2) is 0 Å². The topological polar surface area (TPSA) is 75.7 Å². The number of imide groups is 1. The third kappa shape index (κ3) is 3.64. The van der Waals surface area contributed by atoms with Crippen LogP contribution >= 0.6 is 11.6 Å². The van der Waals surface area contributed by atoms with E-state index in [1.807, 2.05) is 26.0 Å². The molecule has 1 heterocycles. The summed E-state index contributed by atoms with van der Waals surface area (Å²) in [5.74, 6) is -1.62. The van der Waals surface area contributed by atoms with Crippen LogP contribution in [0.2, 0.25) is 0 Å². The van der Waals surface area contributed by atoms with E-state index in [-0.39, 0.29) is 17.3 Å². The van der Waals surface area contributed by atoms with Gasteiger partial charge in [-0.25, -0.2) is 9.69 Å². The Kier molecular flexibility index (Phi) is 5.51. The highest BCUT2D eigenvalue weighted by molar-refractivity contribution is 6.53. The summed E-state index contributed by atoms with van der Waals surface area (Å²) in [6.07, 6.45) is 0. The van der Waals surface area contributed by atoms with E-state index in [2.05, 4.69) is 5.32 Å². The van der Waals surface area contributed by atoms with Crippen molar-refractivity contribution in [2.45, 2.75) is 20.8 Å². The molecule has 1 N–H and O–H groups in total. The van der Waals surface area contributed by atoms with Gasteiger partial charge in [-0.3, -0.25) is 9.59 Å². The molecule has 0 bridgehead atoms. The normalized spacial score (nSPS) is 13.9. The van der Waals surface area contributed by atoms with Crippen molar-refractivity contribution in [2.24, 2.45) is 0 Å². The zero-order valence-corrected chi connectivity index (χ0v) is 16.5. The SMILES string of the molecule is CCOC(=O)c1cccc(NC2=C(Cl)C(=O)N(c3cc(C)ccc3C)C2=O)c1. The fraction of sp³-hybridized carbons (Fsp3) is 0.190. The van der Waals surface area contributed by atoms with Crippen molar-refractivity contribution in [2.75, 3.05) is 16.8 Å². The molecule has 7 heteroatoms. The number of halogens is 1. The van der Waals surface area contributed by atoms with Crippen molar-refractivity contribution < 1.29 is 19.1 Å². The van der Waals surface area contributed by atoms with Gasteiger partial charge in [0, 0.05) is 5.69 Å². The van der Waals surface area contributed by atoms with Crippen LogP contribution in [0.4, 0.5) is 11.4 Å². The number of esters is 1. The van der Waals surface area contributed by atoms with Crippen molar-refractivity contribution >= 4 is 40.8 Å². The lowest BCUT2D eigenvalue weighted by atomic mass is 10.1. The Morgan fingerprint density at radius 1 is 1.11 bits per heavy atom. The number of carbonyl (C=O) groups excluding carboxylic acids is 3. The van der Waals surface area contributed by atoms with Gasteiger partial charge in [0.05, 0.1) is 17.9 Å². The Morgan fingerprint density at radius 2 is 1.86 bits per heavy atom. The summed E-state index contributed by atoms with van der Waals surface area (Å²) in [4.78, 5) is 38.5. The molecule has 0 aromatic heterocycles. The molecule has 0 radical (unpaired) electrons. The van der Waals surface area contributed by atoms with Crippen LogP contribution in [0.15, 0.2) is 53.2 Å². The minimum absolute atomic E-state index is 0.0337. The maximum absolute atomic E-state index is 12.9. The molecule has 0 unspecified atom stereocenters. The second-order valence-electron chi connectivity index (χ2n) is 6.35. The summed E-state index contributed by atoms with van der Waals surface area (Å²) in [7, 11) is 0. The first-order valence-electron chi connectivity index (χ1n) is 8.73. The second-order valence-corrected chi connectivity index (χ2v) is 6.73. The highest BCUT2D eigenvalue weighted by Crippen LogP contribution is 2.32. The number of nitrogens with zero attached hydrogens (tertiary/aromatic N) is 1. The Balaban J connectivity index is 1.90. The summed E-state index contributed by atoms with van der Waals surface area (Å²) in [5.41, 5.74) is 2.93. The third-order valence-corrected chi connectivity index (χ3v) is 4.63. The number of amides is 2. The quantitative estimate of drug-likeness (QED) is 0.610. The predicted molar refractivity (Wildman–Crippen MR) is 107 cm³/mol. The maximum Gasteiger partial charge on any atom is 0.338 e. The van der Waals surface area contributed by atoms with Gasteiger partial charge in [-0.15, -0.1) is 0 Å². The average Bonchev–Trinajstić information content (AvgIpc) is 2.88. The van der Waals surface area contributed by atoms with Crippen LogP contribution in [0, 0.1) is 13.8 Å². The molecule has 1 aliphatic rings. The number of rotatable bonds is 5. The molecule has 2 aromatic rings. The summed E-state index contributed by atoms with van der Waals surface area (Å²) in [6, 6.07) is 12.0. The number of hydrogen-bond acceptors (Lipinski definition) is 5. The number of carbonyl (C=O) groups is 3. The Bertz CT molecular complexity index is 1010. The van der Waals surface area contributed by atoms with E-state index >= 15 is 0 Å². The van der Waals surface area contributed by atoms with Gasteiger partial charge >= 0.3 is 5.97 Å². The van der Waals surface area contributed by atoms with Crippen LogP contribution in [0.1, 0.15) is 28.4 Å². The first-order chi connectivity index (χ1) is 13.3. The Morgan fingerprint density at radius 3 is 2.57 bits per heavy atom. The van der Waals surface area contributed by atoms with Crippen molar-refractivity contribution in [3.63, 3.8) is 0 Å². The van der Waals surface area contributed by atoms with Crippen LogP contribution < -0.4 is 10.2 Å². The predicted octanol–water partition coefficient (Wildman–Crippen LogP) is 3.92. The van der Waals surface area contributed by atoms with E-state index in [0.29, 0.717) is 16.9 Å². The minimum Gasteiger partial charge on any atom is -0.462 e. The van der Waals surface area contributed by atoms with Crippen molar-refractivity contribution in [1.82, 2.24) is 0 Å². The summed E-state index contributed by atoms with van der Waals surface area (Å²) < 4.78 is 4.98. The van der Waals surface area contributed by atoms with E-state index in [1.165, 1.54) is 6.07 Å². The Hall–Kier alpha value is -3.12. The summed E-state index contributed by atoms with van der Waals surface area (Å²) in [5, 5.41) is 2.67. The van der Waals surface area contributed by atoms with E-state index in [4.69, 9.17) is 16.3 Å². The highest BCUT2D eigenvalue weighted by Gasteiger charge is 2.39. The maximum atomic E-state index is 12.9. The monoisotopic (exact) mass is 398 g/mol. The van der Waals surface area contributed by atoms with E-state index in [9.17, 15) is 14.4 Å². The van der Waals surface area contributed by atoms with E-state index < -0.39 is 17.8 Å². The summed E-state index contributed by atoms with van der Waals surface area (Å²) in [6.45, 7) is 5.67. The van der Waals surface area contributed by atoms with Gasteiger partial charge < -0.3 is 10.1 Å². The molecule has 0 saturated carbocycles. The fourth-order valence-electron chi connectivity index (χ4n) is 2.87. The number of aryl methyl sites for hydroxylation is 2. The molecule has 0 atom stereocenters. The zero-order valence-electron chi connectivity index (χ0n) is 15.7. The number of ether oxygens (including phenoxy) is 1. The minimum atomic E-state index is -0.593. The van der Waals surface area contributed by atoms with Crippen LogP contribution in [0.5, 0.6) is 0 Å². The van der Waals surface area contributed by atoms with Crippen LogP contribution in [-0.4, -0.2) is 24.4 Å². The van der Waals surface area contributed by atoms with E-state index in [1.54, 1.807) is 31.2 Å². The molecule has 3 rings (SSSR count). The van der Waals surface area contributed by atoms with Gasteiger partial charge in [0.1, 0.15) is 10.7 Å². The Labute approximate surface area is 167 Å². The van der Waals surface area contributed by atoms with E-state index in [0.717, 1.165) is 16.0 Å². The van der Waals surface area contributed by atoms with Gasteiger partial charge in [-0.2, -0.15) is 0 Å². The van der Waals surface area contributed by atoms with Crippen molar-refractivity contribution in [1.29, 1.82) is 0 Å². The largest absolute Gasteiger partial charge is 0.462 e. The standard InChI is InChI=1S/C21H19ClN2O4/c1-4-28-21(27)14-6-5-7-15(11-14)23-18-17(22)19(25)24(20(18)26)16-10-12(2)8-9-13(16)3/h5-11,23H,4H2,1-3H3. The molecular formula is C21H19ClN2O4. The lowest BCUT2D eigenvalue weighted by Gasteiger charge is -2.18. The molecule has 0 spiro atoms. The average molecular weight is 399 g/mol. The molecule has 144 valence electrons. The molecule has 2 aromatic carbocycles. The van der Waals surface area contributed by atoms with Crippen molar-refractivity contribution in [3.05, 3.63) is 69.9 Å². The fourth-order valence-corrected chi connectivity index (χ4v) is 3.09.